The molecule has 3 rings (SSSR count). The molecular weight excluding hydrogens is 384 g/mol. The Bertz CT molecular complexity index is 877. The molecule has 1 fully saturated rings. The summed E-state index contributed by atoms with van der Waals surface area (Å²) in [6.07, 6.45) is 0. The summed E-state index contributed by atoms with van der Waals surface area (Å²) >= 11 is 0. The number of nitrogens with zero attached hydrogens (tertiary/aromatic N) is 3. The summed E-state index contributed by atoms with van der Waals surface area (Å²) in [5.74, 6) is -0.234. The van der Waals surface area contributed by atoms with E-state index in [9.17, 15) is 14.9 Å². The van der Waals surface area contributed by atoms with Gasteiger partial charge in [0.05, 0.1) is 12.0 Å². The van der Waals surface area contributed by atoms with E-state index in [2.05, 4.69) is 34.2 Å². The fourth-order valence-corrected chi connectivity index (χ4v) is 3.54. The SMILES string of the molecule is CCN1CCN(Cc2ccc(CNC(=O)c3ccc(OC)c([N+](=O)[O-])c3)cc2)CC1. The lowest BCUT2D eigenvalue weighted by molar-refractivity contribution is -0.385. The predicted molar refractivity (Wildman–Crippen MR) is 115 cm³/mol. The third kappa shape index (κ3) is 5.55. The number of rotatable bonds is 8. The van der Waals surface area contributed by atoms with E-state index in [1.54, 1.807) is 0 Å². The quantitative estimate of drug-likeness (QED) is 0.530. The van der Waals surface area contributed by atoms with Crippen molar-refractivity contribution in [2.75, 3.05) is 39.8 Å². The van der Waals surface area contributed by atoms with E-state index in [-0.39, 0.29) is 22.9 Å². The molecule has 0 bridgehead atoms. The summed E-state index contributed by atoms with van der Waals surface area (Å²) in [6, 6.07) is 12.4. The minimum Gasteiger partial charge on any atom is -0.490 e. The molecule has 1 N–H and O–H groups in total. The van der Waals surface area contributed by atoms with Gasteiger partial charge in [-0.25, -0.2) is 0 Å². The summed E-state index contributed by atoms with van der Waals surface area (Å²) < 4.78 is 4.97. The lowest BCUT2D eigenvalue weighted by Gasteiger charge is -2.34. The van der Waals surface area contributed by atoms with Gasteiger partial charge < -0.3 is 15.0 Å². The number of methoxy groups -OCH3 is 1. The summed E-state index contributed by atoms with van der Waals surface area (Å²) in [4.78, 5) is 27.9. The highest BCUT2D eigenvalue weighted by Gasteiger charge is 2.18. The average Bonchev–Trinajstić information content (AvgIpc) is 2.78. The van der Waals surface area contributed by atoms with Crippen LogP contribution in [0.1, 0.15) is 28.4 Å². The Morgan fingerprint density at radius 3 is 2.30 bits per heavy atom. The fraction of sp³-hybridized carbons (Fsp3) is 0.409. The largest absolute Gasteiger partial charge is 0.490 e. The number of nitrogens with one attached hydrogen (secondary N) is 1. The third-order valence-electron chi connectivity index (χ3n) is 5.43. The molecule has 8 heteroatoms. The number of carbonyl (C=O) groups excluding carboxylic acids is 1. The van der Waals surface area contributed by atoms with Crippen molar-refractivity contribution in [1.82, 2.24) is 15.1 Å². The Morgan fingerprint density at radius 1 is 1.07 bits per heavy atom. The van der Waals surface area contributed by atoms with Gasteiger partial charge in [-0.15, -0.1) is 0 Å². The third-order valence-corrected chi connectivity index (χ3v) is 5.43. The normalized spacial score (nSPS) is 15.0. The molecule has 8 nitrogen and oxygen atoms in total. The molecule has 0 atom stereocenters. The van der Waals surface area contributed by atoms with Crippen molar-refractivity contribution in [3.63, 3.8) is 0 Å². The minimum absolute atomic E-state index is 0.128. The van der Waals surface area contributed by atoms with Crippen LogP contribution in [-0.4, -0.2) is 60.5 Å². The number of ether oxygens (including phenoxy) is 1. The molecule has 1 aliphatic rings. The number of hydrogen-bond donors (Lipinski definition) is 1. The summed E-state index contributed by atoms with van der Waals surface area (Å²) in [6.45, 7) is 8.99. The Labute approximate surface area is 176 Å². The second kappa shape index (κ2) is 10.2. The van der Waals surface area contributed by atoms with E-state index in [4.69, 9.17) is 4.74 Å². The van der Waals surface area contributed by atoms with Crippen LogP contribution in [-0.2, 0) is 13.1 Å². The maximum Gasteiger partial charge on any atom is 0.311 e. The van der Waals surface area contributed by atoms with Crippen LogP contribution in [0.4, 0.5) is 5.69 Å². The minimum atomic E-state index is -0.559. The zero-order chi connectivity index (χ0) is 21.5. The molecule has 1 heterocycles. The van der Waals surface area contributed by atoms with E-state index in [1.807, 2.05) is 12.1 Å². The molecule has 2 aromatic rings. The second-order valence-electron chi connectivity index (χ2n) is 7.35. The maximum absolute atomic E-state index is 12.4. The van der Waals surface area contributed by atoms with Gasteiger partial charge in [-0.3, -0.25) is 19.8 Å². The molecule has 1 amide bonds. The molecule has 0 spiro atoms. The Morgan fingerprint density at radius 2 is 1.70 bits per heavy atom. The van der Waals surface area contributed by atoms with Gasteiger partial charge in [0.1, 0.15) is 0 Å². The first kappa shape index (κ1) is 21.7. The van der Waals surface area contributed by atoms with Crippen LogP contribution < -0.4 is 10.1 Å². The average molecular weight is 412 g/mol. The number of piperazine rings is 1. The zero-order valence-corrected chi connectivity index (χ0v) is 17.5. The van der Waals surface area contributed by atoms with Gasteiger partial charge in [0.2, 0.25) is 0 Å². The van der Waals surface area contributed by atoms with Crippen LogP contribution in [0.15, 0.2) is 42.5 Å². The molecule has 0 unspecified atom stereocenters. The summed E-state index contributed by atoms with van der Waals surface area (Å²) in [7, 11) is 1.36. The summed E-state index contributed by atoms with van der Waals surface area (Å²) in [5, 5.41) is 13.9. The van der Waals surface area contributed by atoms with E-state index in [0.717, 1.165) is 44.8 Å². The molecule has 1 aliphatic heterocycles. The van der Waals surface area contributed by atoms with Crippen LogP contribution >= 0.6 is 0 Å². The van der Waals surface area contributed by atoms with E-state index in [1.165, 1.54) is 30.9 Å². The van der Waals surface area contributed by atoms with E-state index in [0.29, 0.717) is 6.54 Å². The van der Waals surface area contributed by atoms with Gasteiger partial charge in [0, 0.05) is 50.9 Å². The summed E-state index contributed by atoms with van der Waals surface area (Å²) in [5.41, 5.74) is 2.23. The van der Waals surface area contributed by atoms with Crippen molar-refractivity contribution >= 4 is 11.6 Å². The van der Waals surface area contributed by atoms with Crippen molar-refractivity contribution in [2.45, 2.75) is 20.0 Å². The molecule has 2 aromatic carbocycles. The highest BCUT2D eigenvalue weighted by atomic mass is 16.6. The number of nitro groups is 1. The van der Waals surface area contributed by atoms with Crippen LogP contribution in [0.2, 0.25) is 0 Å². The van der Waals surface area contributed by atoms with Crippen LogP contribution in [0.25, 0.3) is 0 Å². The van der Waals surface area contributed by atoms with E-state index < -0.39 is 4.92 Å². The number of likely N-dealkylation sites (N-methyl/N-ethyl adjacent to an activating group) is 1. The Balaban J connectivity index is 1.53. The topological polar surface area (TPSA) is 88.0 Å². The van der Waals surface area contributed by atoms with E-state index >= 15 is 0 Å². The van der Waals surface area contributed by atoms with Crippen LogP contribution in [0.5, 0.6) is 5.75 Å². The van der Waals surface area contributed by atoms with Gasteiger partial charge in [-0.1, -0.05) is 31.2 Å². The molecule has 1 saturated heterocycles. The van der Waals surface area contributed by atoms with Gasteiger partial charge >= 0.3 is 5.69 Å². The maximum atomic E-state index is 12.4. The monoisotopic (exact) mass is 412 g/mol. The standard InChI is InChI=1S/C22H28N4O4/c1-3-24-10-12-25(13-11-24)16-18-6-4-17(5-7-18)15-23-22(27)19-8-9-21(30-2)20(14-19)26(28)29/h4-9,14H,3,10-13,15-16H2,1-2H3,(H,23,27). The van der Waals surface area contributed by atoms with Crippen LogP contribution in [0.3, 0.4) is 0 Å². The molecule has 0 saturated carbocycles. The number of hydrogen-bond acceptors (Lipinski definition) is 6. The lowest BCUT2D eigenvalue weighted by atomic mass is 10.1. The molecule has 160 valence electrons. The Kier molecular flexibility index (Phi) is 7.37. The molecule has 0 radical (unpaired) electrons. The van der Waals surface area contributed by atoms with Gasteiger partial charge in [0.25, 0.3) is 5.91 Å². The number of nitro benzene ring substituents is 1. The number of carbonyl (C=O) groups is 1. The first-order valence-corrected chi connectivity index (χ1v) is 10.1. The van der Waals surface area contributed by atoms with Crippen molar-refractivity contribution in [3.8, 4) is 5.75 Å². The molecule has 0 aliphatic carbocycles. The zero-order valence-electron chi connectivity index (χ0n) is 17.5. The Hall–Kier alpha value is -2.97. The second-order valence-corrected chi connectivity index (χ2v) is 7.35. The lowest BCUT2D eigenvalue weighted by Crippen LogP contribution is -2.45. The number of amides is 1. The highest BCUT2D eigenvalue weighted by molar-refractivity contribution is 5.95. The van der Waals surface area contributed by atoms with Gasteiger partial charge in [-0.2, -0.15) is 0 Å². The molecular formula is C22H28N4O4. The first-order valence-electron chi connectivity index (χ1n) is 10.1. The van der Waals surface area contributed by atoms with Crippen molar-refractivity contribution in [1.29, 1.82) is 0 Å². The van der Waals surface area contributed by atoms with Gasteiger partial charge in [0.15, 0.2) is 5.75 Å². The predicted octanol–water partition coefficient (Wildman–Crippen LogP) is 2.67. The molecule has 0 aromatic heterocycles. The van der Waals surface area contributed by atoms with Crippen molar-refractivity contribution in [3.05, 3.63) is 69.3 Å². The van der Waals surface area contributed by atoms with Gasteiger partial charge in [-0.05, 0) is 29.8 Å². The van der Waals surface area contributed by atoms with Crippen LogP contribution in [0, 0.1) is 10.1 Å². The van der Waals surface area contributed by atoms with Crippen molar-refractivity contribution in [2.24, 2.45) is 0 Å². The molecule has 30 heavy (non-hydrogen) atoms. The highest BCUT2D eigenvalue weighted by Crippen LogP contribution is 2.27. The number of benzene rings is 2. The smallest absolute Gasteiger partial charge is 0.311 e. The first-order chi connectivity index (χ1) is 14.5. The fourth-order valence-electron chi connectivity index (χ4n) is 3.54. The van der Waals surface area contributed by atoms with Crippen molar-refractivity contribution < 1.29 is 14.5 Å².